The first-order valence-corrected chi connectivity index (χ1v) is 12.0. The molecule has 30 heavy (non-hydrogen) atoms. The van der Waals surface area contributed by atoms with Crippen LogP contribution in [0.15, 0.2) is 36.4 Å². The smallest absolute Gasteiger partial charge is 0.240 e. The highest BCUT2D eigenvalue weighted by Gasteiger charge is 2.33. The minimum Gasteiger partial charge on any atom is -0.356 e. The Morgan fingerprint density at radius 1 is 1.37 bits per heavy atom. The summed E-state index contributed by atoms with van der Waals surface area (Å²) in [7, 11) is 0. The number of benzene rings is 1. The van der Waals surface area contributed by atoms with Crippen LogP contribution >= 0.6 is 11.8 Å². The van der Waals surface area contributed by atoms with E-state index in [0.29, 0.717) is 6.04 Å². The van der Waals surface area contributed by atoms with Crippen LogP contribution in [0, 0.1) is 6.92 Å². The molecular weight excluding hydrogens is 396 g/mol. The third-order valence-electron chi connectivity index (χ3n) is 5.83. The predicted octanol–water partition coefficient (Wildman–Crippen LogP) is 1.86. The topological polar surface area (TPSA) is 65.4 Å². The molecule has 0 aliphatic carbocycles. The van der Waals surface area contributed by atoms with Gasteiger partial charge in [-0.1, -0.05) is 18.2 Å². The van der Waals surface area contributed by atoms with E-state index in [9.17, 15) is 4.79 Å². The first kappa shape index (κ1) is 21.2. The van der Waals surface area contributed by atoms with Crippen molar-refractivity contribution in [2.45, 2.75) is 32.4 Å². The Morgan fingerprint density at radius 3 is 2.93 bits per heavy atom. The Morgan fingerprint density at radius 2 is 2.20 bits per heavy atom. The second-order valence-electron chi connectivity index (χ2n) is 7.96. The number of thioether (sulfide) groups is 1. The van der Waals surface area contributed by atoms with Crippen LogP contribution < -0.4 is 15.5 Å². The molecule has 1 amide bonds. The molecule has 2 aliphatic heterocycles. The highest BCUT2D eigenvalue weighted by atomic mass is 32.2. The van der Waals surface area contributed by atoms with Crippen LogP contribution in [0.1, 0.15) is 19.0 Å². The number of carbonyl (C=O) groups excluding carboxylic acids is 1. The largest absolute Gasteiger partial charge is 0.356 e. The molecule has 3 heterocycles. The molecule has 2 aliphatic rings. The van der Waals surface area contributed by atoms with Crippen molar-refractivity contribution in [3.05, 3.63) is 42.1 Å². The summed E-state index contributed by atoms with van der Waals surface area (Å²) in [5, 5.41) is 11.8. The first-order chi connectivity index (χ1) is 14.7. The van der Waals surface area contributed by atoms with Gasteiger partial charge in [0.25, 0.3) is 0 Å². The van der Waals surface area contributed by atoms with Crippen molar-refractivity contribution in [3.63, 3.8) is 0 Å². The Balaban J connectivity index is 1.31. The van der Waals surface area contributed by atoms with Crippen LogP contribution in [-0.4, -0.2) is 77.0 Å². The summed E-state index contributed by atoms with van der Waals surface area (Å²) in [5.74, 6) is 3.29. The second kappa shape index (κ2) is 9.85. The summed E-state index contributed by atoms with van der Waals surface area (Å²) in [6.45, 7) is 8.64. The molecule has 0 spiro atoms. The summed E-state index contributed by atoms with van der Waals surface area (Å²) >= 11 is 1.84. The average Bonchev–Trinajstić information content (AvgIpc) is 3.52. The van der Waals surface area contributed by atoms with Crippen LogP contribution in [0.5, 0.6) is 0 Å². The fraction of sp³-hybridized carbons (Fsp3) is 0.545. The van der Waals surface area contributed by atoms with Crippen molar-refractivity contribution in [3.8, 4) is 5.69 Å². The van der Waals surface area contributed by atoms with E-state index in [1.165, 1.54) is 0 Å². The van der Waals surface area contributed by atoms with Gasteiger partial charge in [0.05, 0.1) is 23.3 Å². The third kappa shape index (κ3) is 4.82. The molecule has 162 valence electrons. The van der Waals surface area contributed by atoms with E-state index in [-0.39, 0.29) is 11.9 Å². The van der Waals surface area contributed by atoms with Gasteiger partial charge in [-0.15, -0.1) is 11.8 Å². The molecular formula is C22H32N6OS. The summed E-state index contributed by atoms with van der Waals surface area (Å²) in [6, 6.07) is 12.7. The molecule has 2 aromatic rings. The van der Waals surface area contributed by atoms with E-state index in [1.54, 1.807) is 0 Å². The van der Waals surface area contributed by atoms with E-state index in [2.05, 4.69) is 40.7 Å². The first-order valence-electron chi connectivity index (χ1n) is 10.9. The number of nitrogens with zero attached hydrogens (tertiary/aromatic N) is 4. The zero-order valence-corrected chi connectivity index (χ0v) is 18.7. The van der Waals surface area contributed by atoms with E-state index >= 15 is 0 Å². The number of carbonyl (C=O) groups is 1. The maximum Gasteiger partial charge on any atom is 0.240 e. The number of rotatable bonds is 8. The van der Waals surface area contributed by atoms with E-state index in [4.69, 9.17) is 5.10 Å². The molecule has 0 bridgehead atoms. The molecule has 0 radical (unpaired) electrons. The van der Waals surface area contributed by atoms with Crippen LogP contribution in [0.3, 0.4) is 0 Å². The highest BCUT2D eigenvalue weighted by Crippen LogP contribution is 2.21. The van der Waals surface area contributed by atoms with Crippen molar-refractivity contribution < 1.29 is 4.79 Å². The second-order valence-corrected chi connectivity index (χ2v) is 9.03. The molecule has 2 fully saturated rings. The number of para-hydroxylation sites is 1. The number of amides is 1. The summed E-state index contributed by atoms with van der Waals surface area (Å²) < 4.78 is 2.03. The van der Waals surface area contributed by atoms with Crippen molar-refractivity contribution in [2.24, 2.45) is 0 Å². The quantitative estimate of drug-likeness (QED) is 0.669. The summed E-state index contributed by atoms with van der Waals surface area (Å²) in [4.78, 5) is 16.9. The van der Waals surface area contributed by atoms with Crippen molar-refractivity contribution in [2.75, 3.05) is 49.3 Å². The van der Waals surface area contributed by atoms with Crippen molar-refractivity contribution in [1.29, 1.82) is 0 Å². The molecule has 0 unspecified atom stereocenters. The monoisotopic (exact) mass is 428 g/mol. The minimum absolute atomic E-state index is 0.0364. The van der Waals surface area contributed by atoms with Crippen molar-refractivity contribution in [1.82, 2.24) is 25.3 Å². The Bertz CT molecular complexity index is 835. The fourth-order valence-electron chi connectivity index (χ4n) is 4.20. The maximum atomic E-state index is 12.6. The molecule has 8 heteroatoms. The third-order valence-corrected chi connectivity index (χ3v) is 6.79. The number of nitrogens with one attached hydrogen (secondary N) is 2. The standard InChI is InChI=1S/C22H32N6OS/c1-3-26(21-13-17(2)25-28(21)19-7-5-4-6-8-19)10-9-23-18-14-20(24-15-18)22(29)27-11-12-30-16-27/h4-8,13,18,20,23-24H,3,9-12,14-16H2,1-2H3/t18-,20-/m0/s1. The van der Waals surface area contributed by atoms with Gasteiger partial charge in [0, 0.05) is 50.6 Å². The lowest BCUT2D eigenvalue weighted by Gasteiger charge is -2.25. The maximum absolute atomic E-state index is 12.6. The number of aromatic nitrogens is 2. The normalized spacial score (nSPS) is 21.3. The van der Waals surface area contributed by atoms with Gasteiger partial charge < -0.3 is 20.4 Å². The summed E-state index contributed by atoms with van der Waals surface area (Å²) in [6.07, 6.45) is 0.868. The Hall–Kier alpha value is -2.03. The lowest BCUT2D eigenvalue weighted by atomic mass is 10.1. The van der Waals surface area contributed by atoms with Crippen molar-refractivity contribution >= 4 is 23.5 Å². The SMILES string of the molecule is CCN(CCN[C@@H]1CN[C@H](C(=O)N2CCSC2)C1)c1cc(C)nn1-c1ccccc1. The lowest BCUT2D eigenvalue weighted by Crippen LogP contribution is -2.42. The Labute approximate surface area is 183 Å². The average molecular weight is 429 g/mol. The van der Waals surface area contributed by atoms with Gasteiger partial charge in [0.15, 0.2) is 0 Å². The lowest BCUT2D eigenvalue weighted by molar-refractivity contribution is -0.131. The summed E-state index contributed by atoms with van der Waals surface area (Å²) in [5.41, 5.74) is 2.09. The zero-order chi connectivity index (χ0) is 20.9. The van der Waals surface area contributed by atoms with E-state index in [0.717, 1.165) is 68.0 Å². The van der Waals surface area contributed by atoms with Crippen LogP contribution in [0.4, 0.5) is 5.82 Å². The van der Waals surface area contributed by atoms with E-state index < -0.39 is 0 Å². The molecule has 1 aromatic heterocycles. The molecule has 4 rings (SSSR count). The zero-order valence-electron chi connectivity index (χ0n) is 17.9. The number of hydrogen-bond acceptors (Lipinski definition) is 6. The molecule has 0 saturated carbocycles. The molecule has 2 N–H and O–H groups in total. The fourth-order valence-corrected chi connectivity index (χ4v) is 5.15. The minimum atomic E-state index is -0.0364. The van der Waals surface area contributed by atoms with Gasteiger partial charge in [-0.3, -0.25) is 4.79 Å². The van der Waals surface area contributed by atoms with Gasteiger partial charge in [0.2, 0.25) is 5.91 Å². The number of aryl methyl sites for hydroxylation is 1. The van der Waals surface area contributed by atoms with Crippen LogP contribution in [0.2, 0.25) is 0 Å². The molecule has 1 aromatic carbocycles. The van der Waals surface area contributed by atoms with Gasteiger partial charge in [0.1, 0.15) is 5.82 Å². The predicted molar refractivity (Wildman–Crippen MR) is 123 cm³/mol. The molecule has 7 nitrogen and oxygen atoms in total. The van der Waals surface area contributed by atoms with Gasteiger partial charge in [-0.25, -0.2) is 4.68 Å². The van der Waals surface area contributed by atoms with Gasteiger partial charge in [-0.2, -0.15) is 5.10 Å². The number of likely N-dealkylation sites (N-methyl/N-ethyl adjacent to an activating group) is 1. The van der Waals surface area contributed by atoms with Crippen LogP contribution in [0.25, 0.3) is 5.69 Å². The molecule has 2 atom stereocenters. The highest BCUT2D eigenvalue weighted by molar-refractivity contribution is 7.99. The van der Waals surface area contributed by atoms with Gasteiger partial charge >= 0.3 is 0 Å². The number of anilines is 1. The van der Waals surface area contributed by atoms with E-state index in [1.807, 2.05) is 46.5 Å². The Kier molecular flexibility index (Phi) is 6.97. The van der Waals surface area contributed by atoms with Gasteiger partial charge in [-0.05, 0) is 32.4 Å². The van der Waals surface area contributed by atoms with Crippen LogP contribution in [-0.2, 0) is 4.79 Å². The number of hydrogen-bond donors (Lipinski definition) is 2. The molecule has 2 saturated heterocycles.